The van der Waals surface area contributed by atoms with Crippen LogP contribution in [0.5, 0.6) is 0 Å². The number of nitriles is 1. The molecule has 0 fully saturated rings. The van der Waals surface area contributed by atoms with E-state index in [4.69, 9.17) is 5.73 Å². The molecule has 0 saturated carbocycles. The van der Waals surface area contributed by atoms with E-state index in [0.29, 0.717) is 56.3 Å². The first-order valence-electron chi connectivity index (χ1n) is 18.4. The van der Waals surface area contributed by atoms with Gasteiger partial charge >= 0.3 is 0 Å². The standard InChI is InChI=1S/C24H16FN3O2.C21H16FN7/c1-14(28-23(29)17-6-2-3-7-18(17)24(28)30)19-12-15-9-10-16(25)13-21(15)27-22(19)20-8-4-5-11-26-20;1-12(28-21-16(10-23)20(24)26-11-27-21)15-8-13-5-6-14(22)9-18(13)29-19(15)17-4-2-3-7-25-17/h2-14H,1H3;2-9,11-12H,1H3,(H3,24,26,27,28)/t14-;12-/m00/s1. The maximum atomic E-state index is 13.8. The molecule has 0 bridgehead atoms. The first kappa shape index (κ1) is 37.9. The number of aromatic nitrogens is 6. The fraction of sp³-hybridized carbons (Fsp3) is 0.0889. The normalized spacial score (nSPS) is 13.0. The maximum Gasteiger partial charge on any atom is 0.262 e. The monoisotopic (exact) mass is 782 g/mol. The van der Waals surface area contributed by atoms with Crippen molar-refractivity contribution in [3.63, 3.8) is 0 Å². The van der Waals surface area contributed by atoms with Crippen molar-refractivity contribution < 1.29 is 18.4 Å². The molecule has 3 N–H and O–H groups in total. The lowest BCUT2D eigenvalue weighted by molar-refractivity contribution is 0.0595. The number of rotatable bonds is 7. The van der Waals surface area contributed by atoms with Gasteiger partial charge in [0, 0.05) is 46.4 Å². The predicted octanol–water partition coefficient (Wildman–Crippen LogP) is 8.65. The maximum absolute atomic E-state index is 13.8. The van der Waals surface area contributed by atoms with Crippen LogP contribution in [0.4, 0.5) is 20.4 Å². The van der Waals surface area contributed by atoms with E-state index in [1.165, 1.54) is 35.5 Å². The van der Waals surface area contributed by atoms with E-state index in [1.54, 1.807) is 67.8 Å². The molecule has 0 radical (unpaired) electrons. The molecule has 0 aliphatic carbocycles. The number of benzene rings is 3. The van der Waals surface area contributed by atoms with Crippen LogP contribution in [-0.4, -0.2) is 46.6 Å². The number of hydrogen-bond donors (Lipinski definition) is 2. The van der Waals surface area contributed by atoms with Crippen LogP contribution in [-0.2, 0) is 0 Å². The van der Waals surface area contributed by atoms with Gasteiger partial charge < -0.3 is 11.1 Å². The molecule has 12 nitrogen and oxygen atoms in total. The minimum atomic E-state index is -0.587. The Bertz CT molecular complexity index is 2930. The molecule has 2 amide bonds. The van der Waals surface area contributed by atoms with E-state index in [1.807, 2.05) is 49.4 Å². The quantitative estimate of drug-likeness (QED) is 0.148. The molecule has 0 unspecified atom stereocenters. The summed E-state index contributed by atoms with van der Waals surface area (Å²) < 4.78 is 27.5. The van der Waals surface area contributed by atoms with E-state index in [0.717, 1.165) is 16.3 Å². The van der Waals surface area contributed by atoms with E-state index < -0.39 is 6.04 Å². The summed E-state index contributed by atoms with van der Waals surface area (Å²) in [7, 11) is 0. The first-order valence-corrected chi connectivity index (χ1v) is 18.4. The molecule has 5 aromatic heterocycles. The highest BCUT2D eigenvalue weighted by Gasteiger charge is 2.39. The highest BCUT2D eigenvalue weighted by molar-refractivity contribution is 6.21. The average Bonchev–Trinajstić information content (AvgIpc) is 3.51. The van der Waals surface area contributed by atoms with Gasteiger partial charge in [0.15, 0.2) is 0 Å². The second kappa shape index (κ2) is 15.8. The third-order valence-electron chi connectivity index (χ3n) is 9.90. The molecule has 14 heteroatoms. The van der Waals surface area contributed by atoms with Crippen molar-refractivity contribution in [1.82, 2.24) is 34.8 Å². The van der Waals surface area contributed by atoms with Gasteiger partial charge in [0.1, 0.15) is 41.2 Å². The molecule has 59 heavy (non-hydrogen) atoms. The van der Waals surface area contributed by atoms with Gasteiger partial charge in [0.25, 0.3) is 11.8 Å². The minimum absolute atomic E-state index is 0.106. The zero-order valence-electron chi connectivity index (χ0n) is 31.5. The number of hydrogen-bond acceptors (Lipinski definition) is 11. The number of amides is 2. The number of pyridine rings is 4. The van der Waals surface area contributed by atoms with Crippen LogP contribution >= 0.6 is 0 Å². The van der Waals surface area contributed by atoms with Gasteiger partial charge in [0.2, 0.25) is 0 Å². The smallest absolute Gasteiger partial charge is 0.262 e. The third-order valence-corrected chi connectivity index (χ3v) is 9.90. The van der Waals surface area contributed by atoms with Crippen LogP contribution in [0.25, 0.3) is 44.6 Å². The molecule has 0 saturated heterocycles. The summed E-state index contributed by atoms with van der Waals surface area (Å²) in [6.07, 6.45) is 4.61. The minimum Gasteiger partial charge on any atom is -0.382 e. The Labute approximate surface area is 336 Å². The van der Waals surface area contributed by atoms with Gasteiger partial charge in [-0.05, 0) is 86.6 Å². The first-order chi connectivity index (χ1) is 28.6. The molecule has 0 spiro atoms. The van der Waals surface area contributed by atoms with Gasteiger partial charge in [-0.15, -0.1) is 0 Å². The summed E-state index contributed by atoms with van der Waals surface area (Å²) in [6, 6.07) is 31.5. The fourth-order valence-corrected chi connectivity index (χ4v) is 6.98. The van der Waals surface area contributed by atoms with Gasteiger partial charge in [-0.1, -0.05) is 24.3 Å². The van der Waals surface area contributed by atoms with E-state index >= 15 is 0 Å². The number of imide groups is 1. The lowest BCUT2D eigenvalue weighted by Crippen LogP contribution is -2.33. The van der Waals surface area contributed by atoms with Crippen molar-refractivity contribution in [2.75, 3.05) is 11.1 Å². The summed E-state index contributed by atoms with van der Waals surface area (Å²) in [5, 5.41) is 14.1. The third kappa shape index (κ3) is 7.36. The molecular weight excluding hydrogens is 751 g/mol. The molecule has 2 atom stereocenters. The lowest BCUT2D eigenvalue weighted by Gasteiger charge is -2.25. The molecule has 8 aromatic rings. The van der Waals surface area contributed by atoms with E-state index in [9.17, 15) is 23.6 Å². The van der Waals surface area contributed by atoms with Gasteiger partial charge in [-0.25, -0.2) is 28.7 Å². The summed E-state index contributed by atoms with van der Waals surface area (Å²) in [6.45, 7) is 3.71. The number of anilines is 2. The highest BCUT2D eigenvalue weighted by Crippen LogP contribution is 2.37. The Morgan fingerprint density at radius 1 is 0.678 bits per heavy atom. The Balaban J connectivity index is 0.000000164. The van der Waals surface area contributed by atoms with Gasteiger partial charge in [-0.3, -0.25) is 24.5 Å². The number of nitrogens with one attached hydrogen (secondary N) is 1. The Kier molecular flexibility index (Phi) is 10.2. The fourth-order valence-electron chi connectivity index (χ4n) is 6.98. The summed E-state index contributed by atoms with van der Waals surface area (Å²) in [4.78, 5) is 53.3. The van der Waals surface area contributed by atoms with Crippen LogP contribution < -0.4 is 11.1 Å². The summed E-state index contributed by atoms with van der Waals surface area (Å²) in [5.41, 5.74) is 11.6. The Hall–Kier alpha value is -8.05. The summed E-state index contributed by atoms with van der Waals surface area (Å²) >= 11 is 0. The van der Waals surface area contributed by atoms with Crippen molar-refractivity contribution in [2.45, 2.75) is 25.9 Å². The molecule has 9 rings (SSSR count). The van der Waals surface area contributed by atoms with Crippen LogP contribution in [0.2, 0.25) is 0 Å². The van der Waals surface area contributed by atoms with Gasteiger partial charge in [-0.2, -0.15) is 5.26 Å². The largest absolute Gasteiger partial charge is 0.382 e. The number of nitrogens with two attached hydrogens (primary N) is 1. The van der Waals surface area contributed by atoms with Gasteiger partial charge in [0.05, 0.1) is 57.0 Å². The average molecular weight is 783 g/mol. The zero-order valence-corrected chi connectivity index (χ0v) is 31.5. The molecule has 1 aliphatic heterocycles. The lowest BCUT2D eigenvalue weighted by atomic mass is 10.00. The second-order valence-corrected chi connectivity index (χ2v) is 13.6. The van der Waals surface area contributed by atoms with Crippen LogP contribution in [0.1, 0.15) is 63.3 Å². The van der Waals surface area contributed by atoms with E-state index in [2.05, 4.69) is 35.2 Å². The number of fused-ring (bicyclic) bond motifs is 3. The second-order valence-electron chi connectivity index (χ2n) is 13.6. The van der Waals surface area contributed by atoms with Crippen molar-refractivity contribution in [2.24, 2.45) is 0 Å². The van der Waals surface area contributed by atoms with Crippen molar-refractivity contribution in [1.29, 1.82) is 5.26 Å². The zero-order chi connectivity index (χ0) is 41.2. The Morgan fingerprint density at radius 2 is 1.20 bits per heavy atom. The number of nitrogens with zero attached hydrogens (tertiary/aromatic N) is 8. The molecular formula is C45H32F2N10O2. The number of nitrogen functional groups attached to an aromatic ring is 1. The number of halogens is 2. The van der Waals surface area contributed by atoms with Crippen molar-refractivity contribution >= 4 is 45.3 Å². The molecule has 288 valence electrons. The number of carbonyl (C=O) groups is 2. The highest BCUT2D eigenvalue weighted by atomic mass is 19.1. The number of carbonyl (C=O) groups excluding carboxylic acids is 2. The van der Waals surface area contributed by atoms with Crippen LogP contribution in [0, 0.1) is 23.0 Å². The topological polar surface area (TPSA) is 177 Å². The summed E-state index contributed by atoms with van der Waals surface area (Å²) in [5.74, 6) is -0.981. The van der Waals surface area contributed by atoms with Crippen LogP contribution in [0.3, 0.4) is 0 Å². The van der Waals surface area contributed by atoms with Crippen molar-refractivity contribution in [3.05, 3.63) is 167 Å². The molecule has 1 aliphatic rings. The van der Waals surface area contributed by atoms with Crippen LogP contribution in [0.15, 0.2) is 128 Å². The van der Waals surface area contributed by atoms with E-state index in [-0.39, 0.29) is 40.9 Å². The molecule has 3 aromatic carbocycles. The van der Waals surface area contributed by atoms with Crippen molar-refractivity contribution in [3.8, 4) is 28.8 Å². The Morgan fingerprint density at radius 3 is 1.73 bits per heavy atom. The SMILES string of the molecule is C[C@@H](c1cc2ccc(F)cc2nc1-c1ccccn1)N1C(=O)c2ccccc2C1=O.C[C@H](Nc1ncnc(N)c1C#N)c1cc2ccc(F)cc2nc1-c1ccccn1. The predicted molar refractivity (Wildman–Crippen MR) is 218 cm³/mol. The molecule has 6 heterocycles.